The van der Waals surface area contributed by atoms with E-state index >= 15 is 0 Å². The third-order valence-electron chi connectivity index (χ3n) is 8.86. The second kappa shape index (κ2) is 10.4. The minimum Gasteiger partial charge on any atom is -0.444 e. The average molecular weight is 593 g/mol. The van der Waals surface area contributed by atoms with E-state index in [2.05, 4.69) is 10.8 Å². The van der Waals surface area contributed by atoms with Crippen molar-refractivity contribution >= 4 is 32.9 Å². The van der Waals surface area contributed by atoms with Gasteiger partial charge in [0.15, 0.2) is 0 Å². The number of sulfonamides is 1. The highest BCUT2D eigenvalue weighted by Gasteiger charge is 2.55. The summed E-state index contributed by atoms with van der Waals surface area (Å²) >= 11 is 0. The van der Waals surface area contributed by atoms with Crippen LogP contribution in [-0.2, 0) is 26.6 Å². The van der Waals surface area contributed by atoms with Gasteiger partial charge in [0.2, 0.25) is 15.9 Å². The fourth-order valence-corrected chi connectivity index (χ4v) is 8.03. The molecule has 3 fully saturated rings. The molecule has 2 aromatic carbocycles. The molecule has 1 aliphatic carbocycles. The molecule has 0 unspecified atom stereocenters. The van der Waals surface area contributed by atoms with E-state index in [1.54, 1.807) is 17.0 Å². The highest BCUT2D eigenvalue weighted by molar-refractivity contribution is 7.89. The number of aromatic nitrogens is 1. The molecule has 1 aromatic heterocycles. The van der Waals surface area contributed by atoms with Gasteiger partial charge in [-0.25, -0.2) is 17.9 Å². The van der Waals surface area contributed by atoms with E-state index in [-0.39, 0.29) is 34.3 Å². The van der Waals surface area contributed by atoms with Crippen LogP contribution in [0, 0.1) is 11.3 Å². The Morgan fingerprint density at radius 1 is 0.905 bits per heavy atom. The van der Waals surface area contributed by atoms with Crippen molar-refractivity contribution in [3.8, 4) is 11.3 Å². The lowest BCUT2D eigenvalue weighted by Gasteiger charge is -2.60. The first-order chi connectivity index (χ1) is 19.8. The van der Waals surface area contributed by atoms with E-state index in [1.165, 1.54) is 0 Å². The van der Waals surface area contributed by atoms with Gasteiger partial charge in [-0.1, -0.05) is 36.4 Å². The number of benzene rings is 2. The maximum atomic E-state index is 13.3. The molecule has 224 valence electrons. The number of nitrogens with one attached hydrogen (secondary N) is 1. The molecule has 3 heterocycles. The number of fused-ring (bicyclic) bond motifs is 1. The minimum atomic E-state index is -3.71. The monoisotopic (exact) mass is 592 g/mol. The molecule has 2 amide bonds. The molecule has 2 saturated heterocycles. The SMILES string of the molecule is Cn1c(-c2ccccc2)cc2ccc(S(=O)(=O)NC3CCC(C(=O)N4CC5(CN(C(=O)OC(C)(C)C)C5)C4)CC3)cc21. The molecule has 42 heavy (non-hydrogen) atoms. The molecule has 10 heteroatoms. The van der Waals surface area contributed by atoms with Gasteiger partial charge in [0.1, 0.15) is 5.60 Å². The standard InChI is InChI=1S/C32H40N4O5S/c1-31(2,3)41-30(38)36-20-32(21-36)18-35(19-32)29(37)23-10-13-25(14-11-23)33-42(39,40)26-15-12-24-16-27(34(4)28(24)17-26)22-8-6-5-7-9-22/h5-9,12,15-17,23,25,33H,10-11,13-14,18-21H2,1-4H3. The van der Waals surface area contributed by atoms with Crippen molar-refractivity contribution in [2.45, 2.75) is 63.0 Å². The number of ether oxygens (including phenoxy) is 1. The summed E-state index contributed by atoms with van der Waals surface area (Å²) in [6.45, 7) is 8.17. The topological polar surface area (TPSA) is 101 Å². The number of aryl methyl sites for hydroxylation is 1. The van der Waals surface area contributed by atoms with E-state index < -0.39 is 15.6 Å². The quantitative estimate of drug-likeness (QED) is 0.461. The molecule has 1 spiro atoms. The first kappa shape index (κ1) is 28.7. The van der Waals surface area contributed by atoms with E-state index in [4.69, 9.17) is 4.74 Å². The van der Waals surface area contributed by atoms with Crippen LogP contribution in [0.3, 0.4) is 0 Å². The zero-order valence-electron chi connectivity index (χ0n) is 24.8. The highest BCUT2D eigenvalue weighted by Crippen LogP contribution is 2.42. The molecule has 0 atom stereocenters. The molecule has 3 aliphatic rings. The molecular formula is C32H40N4O5S. The lowest BCUT2D eigenvalue weighted by molar-refractivity contribution is -0.162. The molecule has 1 N–H and O–H groups in total. The Morgan fingerprint density at radius 2 is 1.55 bits per heavy atom. The second-order valence-electron chi connectivity index (χ2n) is 13.4. The van der Waals surface area contributed by atoms with Crippen molar-refractivity contribution in [1.82, 2.24) is 19.1 Å². The lowest BCUT2D eigenvalue weighted by atomic mass is 9.72. The van der Waals surface area contributed by atoms with Gasteiger partial charge in [0.05, 0.1) is 4.90 Å². The van der Waals surface area contributed by atoms with E-state index in [0.717, 1.165) is 22.2 Å². The van der Waals surface area contributed by atoms with Crippen molar-refractivity contribution in [2.75, 3.05) is 26.2 Å². The first-order valence-corrected chi connectivity index (χ1v) is 16.2. The van der Waals surface area contributed by atoms with Gasteiger partial charge < -0.3 is 19.1 Å². The van der Waals surface area contributed by atoms with Gasteiger partial charge in [-0.3, -0.25) is 4.79 Å². The third-order valence-corrected chi connectivity index (χ3v) is 10.4. The van der Waals surface area contributed by atoms with Crippen molar-refractivity contribution in [3.63, 3.8) is 0 Å². The van der Waals surface area contributed by atoms with Crippen LogP contribution in [0.2, 0.25) is 0 Å². The Labute approximate surface area is 247 Å². The van der Waals surface area contributed by atoms with Crippen LogP contribution in [0.5, 0.6) is 0 Å². The first-order valence-electron chi connectivity index (χ1n) is 14.8. The number of nitrogens with zero attached hydrogens (tertiary/aromatic N) is 3. The summed E-state index contributed by atoms with van der Waals surface area (Å²) < 4.78 is 37.1. The Morgan fingerprint density at radius 3 is 2.19 bits per heavy atom. The summed E-state index contributed by atoms with van der Waals surface area (Å²) in [6, 6.07) is 17.2. The van der Waals surface area contributed by atoms with Crippen molar-refractivity contribution in [3.05, 3.63) is 54.6 Å². The van der Waals surface area contributed by atoms with Crippen LogP contribution in [0.25, 0.3) is 22.2 Å². The van der Waals surface area contributed by atoms with Crippen LogP contribution < -0.4 is 4.72 Å². The average Bonchev–Trinajstić information content (AvgIpc) is 3.22. The molecule has 0 radical (unpaired) electrons. The van der Waals surface area contributed by atoms with E-state index in [1.807, 2.05) is 73.7 Å². The highest BCUT2D eigenvalue weighted by atomic mass is 32.2. The molecule has 0 bridgehead atoms. The zero-order chi connectivity index (χ0) is 29.9. The fourth-order valence-electron chi connectivity index (χ4n) is 6.71. The van der Waals surface area contributed by atoms with E-state index in [9.17, 15) is 18.0 Å². The largest absolute Gasteiger partial charge is 0.444 e. The summed E-state index contributed by atoms with van der Waals surface area (Å²) in [5.41, 5.74) is 2.45. The van der Waals surface area contributed by atoms with Crippen LogP contribution in [0.4, 0.5) is 4.79 Å². The Bertz CT molecular complexity index is 1600. The van der Waals surface area contributed by atoms with Gasteiger partial charge in [0, 0.05) is 67.2 Å². The van der Waals surface area contributed by atoms with Crippen LogP contribution in [-0.4, -0.2) is 72.6 Å². The fraction of sp³-hybridized carbons (Fsp3) is 0.500. The van der Waals surface area contributed by atoms with Crippen molar-refractivity contribution < 1.29 is 22.7 Å². The number of carbonyl (C=O) groups is 2. The van der Waals surface area contributed by atoms with Crippen molar-refractivity contribution in [2.24, 2.45) is 18.4 Å². The summed E-state index contributed by atoms with van der Waals surface area (Å²) in [5.74, 6) is 0.0716. The predicted molar refractivity (Wildman–Crippen MR) is 161 cm³/mol. The third kappa shape index (κ3) is 5.54. The minimum absolute atomic E-state index is 0.000704. The van der Waals surface area contributed by atoms with Gasteiger partial charge in [-0.2, -0.15) is 0 Å². The lowest BCUT2D eigenvalue weighted by Crippen LogP contribution is -2.74. The number of rotatable bonds is 5. The Balaban J connectivity index is 1.01. The Hall–Kier alpha value is -3.37. The summed E-state index contributed by atoms with van der Waals surface area (Å²) in [5, 5.41) is 0.988. The number of hydrogen-bond donors (Lipinski definition) is 1. The zero-order valence-corrected chi connectivity index (χ0v) is 25.6. The molecule has 1 saturated carbocycles. The number of likely N-dealkylation sites (tertiary alicyclic amines) is 2. The second-order valence-corrected chi connectivity index (χ2v) is 15.1. The summed E-state index contributed by atoms with van der Waals surface area (Å²) in [6.07, 6.45) is 2.30. The van der Waals surface area contributed by atoms with Gasteiger partial charge in [-0.15, -0.1) is 0 Å². The van der Waals surface area contributed by atoms with Crippen LogP contribution in [0.15, 0.2) is 59.5 Å². The Kier molecular flexibility index (Phi) is 7.13. The maximum Gasteiger partial charge on any atom is 0.410 e. The number of hydrogen-bond acceptors (Lipinski definition) is 5. The molecule has 6 rings (SSSR count). The number of carbonyl (C=O) groups excluding carboxylic acids is 2. The normalized spacial score (nSPS) is 22.1. The molecule has 3 aromatic rings. The summed E-state index contributed by atoms with van der Waals surface area (Å²) in [4.78, 5) is 29.3. The predicted octanol–water partition coefficient (Wildman–Crippen LogP) is 4.76. The van der Waals surface area contributed by atoms with Crippen LogP contribution >= 0.6 is 0 Å². The van der Waals surface area contributed by atoms with Gasteiger partial charge >= 0.3 is 6.09 Å². The number of amides is 2. The molecule has 2 aliphatic heterocycles. The van der Waals surface area contributed by atoms with E-state index in [0.29, 0.717) is 51.9 Å². The summed E-state index contributed by atoms with van der Waals surface area (Å²) in [7, 11) is -1.75. The van der Waals surface area contributed by atoms with Crippen molar-refractivity contribution in [1.29, 1.82) is 0 Å². The molecule has 9 nitrogen and oxygen atoms in total. The smallest absolute Gasteiger partial charge is 0.410 e. The maximum absolute atomic E-state index is 13.3. The molecular weight excluding hydrogens is 552 g/mol. The van der Waals surface area contributed by atoms with Gasteiger partial charge in [-0.05, 0) is 70.2 Å². The van der Waals surface area contributed by atoms with Crippen LogP contribution in [0.1, 0.15) is 46.5 Å². The van der Waals surface area contributed by atoms with Gasteiger partial charge in [0.25, 0.3) is 0 Å².